The molecule has 136 valence electrons. The Hall–Kier alpha value is -1.27. The van der Waals surface area contributed by atoms with Crippen molar-refractivity contribution in [3.63, 3.8) is 0 Å². The van der Waals surface area contributed by atoms with Crippen molar-refractivity contribution in [2.75, 3.05) is 24.7 Å². The summed E-state index contributed by atoms with van der Waals surface area (Å²) in [5.74, 6) is 0.482. The number of nitrogens with one attached hydrogen (secondary N) is 1. The number of aliphatic hydroxyl groups excluding tert-OH is 1. The zero-order valence-electron chi connectivity index (χ0n) is 13.4. The van der Waals surface area contributed by atoms with Crippen LogP contribution in [0.25, 0.3) is 11.2 Å². The van der Waals surface area contributed by atoms with E-state index in [1.54, 1.807) is 11.6 Å². The van der Waals surface area contributed by atoms with E-state index >= 15 is 0 Å². The third-order valence-corrected chi connectivity index (χ3v) is 5.78. The second-order valence-electron chi connectivity index (χ2n) is 5.95. The average Bonchev–Trinajstić information content (AvgIpc) is 3.05. The van der Waals surface area contributed by atoms with Crippen LogP contribution in [0.15, 0.2) is 0 Å². The number of fused-ring (bicyclic) bond motifs is 2. The van der Waals surface area contributed by atoms with Crippen LogP contribution in [0.2, 0.25) is 5.28 Å². The standard InChI is InChI=1S/C11H17BClN6O5P/c1-15-11-16-4-7(14)17-10(13)18-8(4)19(11)9-5(20)6-3(23-9)2-22-25(12,21)24-6/h3,5-6,9,20-21,25H,2,12H2,1H3,(H,15,16)(H2,14,17,18)/t3-,5?,6+,9-/m1/s1. The Labute approximate surface area is 148 Å². The molecule has 5 N–H and O–H groups in total. The first-order valence-corrected chi connectivity index (χ1v) is 10.2. The van der Waals surface area contributed by atoms with Crippen LogP contribution in [-0.4, -0.2) is 69.1 Å². The predicted molar refractivity (Wildman–Crippen MR) is 94.1 cm³/mol. The topological polar surface area (TPSA) is 150 Å². The summed E-state index contributed by atoms with van der Waals surface area (Å²) in [6.07, 6.45) is -3.21. The molecule has 2 fully saturated rings. The number of aliphatic hydroxyl groups is 1. The summed E-state index contributed by atoms with van der Waals surface area (Å²) < 4.78 is 18.3. The van der Waals surface area contributed by atoms with Gasteiger partial charge in [0.2, 0.25) is 0 Å². The molecule has 0 aliphatic carbocycles. The summed E-state index contributed by atoms with van der Waals surface area (Å²) in [5.41, 5.74) is 6.51. The van der Waals surface area contributed by atoms with Crippen LogP contribution < -0.4 is 11.1 Å². The monoisotopic (exact) mass is 390 g/mol. The Balaban J connectivity index is 1.80. The summed E-state index contributed by atoms with van der Waals surface area (Å²) in [4.78, 5) is 22.4. The van der Waals surface area contributed by atoms with E-state index in [2.05, 4.69) is 20.3 Å². The number of halogens is 1. The zero-order chi connectivity index (χ0) is 17.9. The normalized spacial score (nSPS) is 32.5. The molecule has 0 spiro atoms. The van der Waals surface area contributed by atoms with Gasteiger partial charge in [-0.05, 0) is 0 Å². The molecule has 4 atom stereocenters. The molecule has 2 saturated heterocycles. The molecule has 4 rings (SSSR count). The van der Waals surface area contributed by atoms with Gasteiger partial charge in [0.15, 0.2) is 0 Å². The van der Waals surface area contributed by atoms with E-state index in [4.69, 9.17) is 31.1 Å². The number of aromatic nitrogens is 4. The fourth-order valence-corrected chi connectivity index (χ4v) is 4.63. The van der Waals surface area contributed by atoms with Gasteiger partial charge >= 0.3 is 148 Å². The van der Waals surface area contributed by atoms with Crippen LogP contribution in [0.5, 0.6) is 0 Å². The number of hydrogen-bond acceptors (Lipinski definition) is 10. The van der Waals surface area contributed by atoms with E-state index < -0.39 is 32.4 Å². The second kappa shape index (κ2) is 5.88. The quantitative estimate of drug-likeness (QED) is 0.280. The maximum atomic E-state index is 10.7. The molecule has 11 nitrogen and oxygen atoms in total. The number of nitrogens with two attached hydrogens (primary N) is 1. The number of nitrogen functional groups attached to an aromatic ring is 1. The van der Waals surface area contributed by atoms with Crippen molar-refractivity contribution >= 4 is 49.9 Å². The van der Waals surface area contributed by atoms with E-state index in [1.165, 1.54) is 7.57 Å². The Bertz CT molecular complexity index is 839. The van der Waals surface area contributed by atoms with Gasteiger partial charge in [-0.1, -0.05) is 0 Å². The third kappa shape index (κ3) is 2.74. The SMILES string of the molecule is B[PH]1(O)OC[C@H]2O[C@@H](n3c(NC)nc4c(N)nc(Cl)nc43)C(O)[C@H]2O1. The first kappa shape index (κ1) is 17.2. The number of imidazole rings is 1. The number of hydrogen-bond donors (Lipinski definition) is 4. The van der Waals surface area contributed by atoms with Gasteiger partial charge in [0.25, 0.3) is 0 Å². The number of nitrogens with zero attached hydrogens (tertiary/aromatic N) is 4. The van der Waals surface area contributed by atoms with Crippen molar-refractivity contribution in [3.8, 4) is 0 Å². The van der Waals surface area contributed by atoms with Gasteiger partial charge in [-0.15, -0.1) is 0 Å². The van der Waals surface area contributed by atoms with Crippen LogP contribution in [0, 0.1) is 0 Å². The fraction of sp³-hybridized carbons (Fsp3) is 0.545. The maximum absolute atomic E-state index is 10.7. The van der Waals surface area contributed by atoms with Crippen molar-refractivity contribution in [2.45, 2.75) is 24.5 Å². The van der Waals surface area contributed by atoms with Gasteiger partial charge in [0, 0.05) is 0 Å². The van der Waals surface area contributed by atoms with Gasteiger partial charge in [-0.3, -0.25) is 0 Å². The summed E-state index contributed by atoms with van der Waals surface area (Å²) >= 11 is 5.91. The van der Waals surface area contributed by atoms with Crippen LogP contribution in [0.3, 0.4) is 0 Å². The van der Waals surface area contributed by atoms with E-state index in [0.717, 1.165) is 0 Å². The van der Waals surface area contributed by atoms with Crippen LogP contribution >= 0.6 is 19.4 Å². The summed E-state index contributed by atoms with van der Waals surface area (Å²) in [6.45, 7) is 0.122. The molecule has 14 heteroatoms. The van der Waals surface area contributed by atoms with Gasteiger partial charge in [0.1, 0.15) is 0 Å². The fourth-order valence-electron chi connectivity index (χ4n) is 3.12. The van der Waals surface area contributed by atoms with Crippen molar-refractivity contribution < 1.29 is 23.8 Å². The third-order valence-electron chi connectivity index (χ3n) is 4.20. The minimum absolute atomic E-state index is 0.0476. The summed E-state index contributed by atoms with van der Waals surface area (Å²) in [7, 11) is -0.123. The molecule has 0 amide bonds. The number of ether oxygens (including phenoxy) is 1. The molecule has 0 aromatic carbocycles. The molecule has 0 saturated carbocycles. The zero-order valence-corrected chi connectivity index (χ0v) is 15.1. The molecule has 25 heavy (non-hydrogen) atoms. The molecule has 2 aliphatic rings. The minimum atomic E-state index is -3.27. The average molecular weight is 391 g/mol. The molecule has 4 heterocycles. The molecule has 0 bridgehead atoms. The van der Waals surface area contributed by atoms with Crippen LogP contribution in [-0.2, 0) is 13.8 Å². The first-order valence-electron chi connectivity index (χ1n) is 7.57. The summed E-state index contributed by atoms with van der Waals surface area (Å²) in [5, 5.41) is 13.6. The Morgan fingerprint density at radius 1 is 1.44 bits per heavy atom. The molecule has 2 aliphatic heterocycles. The van der Waals surface area contributed by atoms with Crippen molar-refractivity contribution in [2.24, 2.45) is 0 Å². The molecular weight excluding hydrogens is 373 g/mol. The van der Waals surface area contributed by atoms with Crippen molar-refractivity contribution in [1.82, 2.24) is 19.5 Å². The molecule has 1 unspecified atom stereocenters. The number of anilines is 2. The van der Waals surface area contributed by atoms with Crippen LogP contribution in [0.1, 0.15) is 6.23 Å². The van der Waals surface area contributed by atoms with Gasteiger partial charge < -0.3 is 0 Å². The Kier molecular flexibility index (Phi) is 4.04. The molecule has 2 aromatic heterocycles. The van der Waals surface area contributed by atoms with E-state index in [1.807, 2.05) is 0 Å². The van der Waals surface area contributed by atoms with Crippen molar-refractivity contribution in [3.05, 3.63) is 5.28 Å². The second-order valence-corrected chi connectivity index (χ2v) is 8.61. The van der Waals surface area contributed by atoms with Crippen molar-refractivity contribution in [1.29, 1.82) is 0 Å². The molecule has 2 aromatic rings. The van der Waals surface area contributed by atoms with E-state index in [-0.39, 0.29) is 17.7 Å². The van der Waals surface area contributed by atoms with Crippen LogP contribution in [0.4, 0.5) is 11.8 Å². The summed E-state index contributed by atoms with van der Waals surface area (Å²) in [6, 6.07) is 0. The van der Waals surface area contributed by atoms with Gasteiger partial charge in [-0.2, -0.15) is 0 Å². The van der Waals surface area contributed by atoms with Gasteiger partial charge in [0.05, 0.1) is 0 Å². The number of rotatable bonds is 2. The first-order chi connectivity index (χ1) is 11.8. The van der Waals surface area contributed by atoms with Gasteiger partial charge in [-0.25, -0.2) is 0 Å². The molecular formula is C11H17BClN6O5P. The van der Waals surface area contributed by atoms with E-state index in [0.29, 0.717) is 17.1 Å². The Morgan fingerprint density at radius 2 is 2.20 bits per heavy atom. The Morgan fingerprint density at radius 3 is 2.92 bits per heavy atom. The molecule has 0 radical (unpaired) electrons. The van der Waals surface area contributed by atoms with E-state index in [9.17, 15) is 10.00 Å². The predicted octanol–water partition coefficient (Wildman–Crippen LogP) is -1.19.